The monoisotopic (exact) mass is 494 g/mol. The number of unbranched alkanes of at least 4 members (excludes halogenated alkanes) is 6. The maximum atomic E-state index is 12.3. The minimum Gasteiger partial charge on any atom is -0.457 e. The van der Waals surface area contributed by atoms with Crippen LogP contribution in [0.4, 0.5) is 4.79 Å². The van der Waals surface area contributed by atoms with Crippen LogP contribution in [-0.2, 0) is 22.4 Å². The lowest BCUT2D eigenvalue weighted by molar-refractivity contribution is -0.119. The van der Waals surface area contributed by atoms with E-state index in [1.54, 1.807) is 18.2 Å². The van der Waals surface area contributed by atoms with Crippen LogP contribution in [0.15, 0.2) is 42.5 Å². The summed E-state index contributed by atoms with van der Waals surface area (Å²) in [5.74, 6) is 0.454. The van der Waals surface area contributed by atoms with Crippen molar-refractivity contribution < 1.29 is 23.9 Å². The minimum absolute atomic E-state index is 0.182. The van der Waals surface area contributed by atoms with Crippen LogP contribution in [0.3, 0.4) is 0 Å². The van der Waals surface area contributed by atoms with Gasteiger partial charge in [0.1, 0.15) is 17.1 Å². The second kappa shape index (κ2) is 13.1. The minimum atomic E-state index is -0.458. The van der Waals surface area contributed by atoms with Crippen LogP contribution in [0.1, 0.15) is 87.2 Å². The molecular formula is C29H38N2O5. The fourth-order valence-corrected chi connectivity index (χ4v) is 4.21. The fourth-order valence-electron chi connectivity index (χ4n) is 4.21. The summed E-state index contributed by atoms with van der Waals surface area (Å²) in [4.78, 5) is 35.6. The first-order valence-electron chi connectivity index (χ1n) is 12.9. The molecule has 7 nitrogen and oxygen atoms in total. The van der Waals surface area contributed by atoms with Gasteiger partial charge in [0.25, 0.3) is 5.91 Å². The van der Waals surface area contributed by atoms with Crippen molar-refractivity contribution in [2.75, 3.05) is 6.54 Å². The largest absolute Gasteiger partial charge is 0.457 e. The van der Waals surface area contributed by atoms with Crippen molar-refractivity contribution in [2.24, 2.45) is 0 Å². The predicted molar refractivity (Wildman–Crippen MR) is 139 cm³/mol. The Balaban J connectivity index is 1.33. The quantitative estimate of drug-likeness (QED) is 0.275. The Bertz CT molecular complexity index is 1060. The van der Waals surface area contributed by atoms with E-state index in [4.69, 9.17) is 9.47 Å². The van der Waals surface area contributed by atoms with Gasteiger partial charge in [-0.05, 0) is 69.4 Å². The molecule has 0 spiro atoms. The van der Waals surface area contributed by atoms with Crippen LogP contribution in [0.2, 0.25) is 0 Å². The summed E-state index contributed by atoms with van der Waals surface area (Å²) >= 11 is 0. The molecule has 1 heterocycles. The topological polar surface area (TPSA) is 93.7 Å². The molecule has 0 atom stereocenters. The van der Waals surface area contributed by atoms with Gasteiger partial charge >= 0.3 is 6.09 Å². The van der Waals surface area contributed by atoms with Crippen molar-refractivity contribution in [3.05, 3.63) is 59.2 Å². The highest BCUT2D eigenvalue weighted by Gasteiger charge is 2.26. The van der Waals surface area contributed by atoms with Crippen molar-refractivity contribution >= 4 is 17.9 Å². The first-order valence-corrected chi connectivity index (χ1v) is 12.9. The summed E-state index contributed by atoms with van der Waals surface area (Å²) in [6.45, 7) is 6.24. The molecule has 0 saturated heterocycles. The van der Waals surface area contributed by atoms with Crippen molar-refractivity contribution in [2.45, 2.75) is 84.2 Å². The van der Waals surface area contributed by atoms with Gasteiger partial charge in [-0.15, -0.1) is 0 Å². The third-order valence-corrected chi connectivity index (χ3v) is 5.88. The number of hydrogen-bond donors (Lipinski definition) is 2. The summed E-state index contributed by atoms with van der Waals surface area (Å²) < 4.78 is 11.3. The Morgan fingerprint density at radius 1 is 0.944 bits per heavy atom. The number of ether oxygens (including phenoxy) is 2. The van der Waals surface area contributed by atoms with Crippen LogP contribution < -0.4 is 15.4 Å². The van der Waals surface area contributed by atoms with Crippen LogP contribution in [0.5, 0.6) is 11.5 Å². The molecule has 0 radical (unpaired) electrons. The highest BCUT2D eigenvalue weighted by atomic mass is 16.6. The molecule has 1 aliphatic rings. The van der Waals surface area contributed by atoms with E-state index >= 15 is 0 Å². The van der Waals surface area contributed by atoms with Gasteiger partial charge in [0, 0.05) is 6.54 Å². The summed E-state index contributed by atoms with van der Waals surface area (Å²) in [7, 11) is 0. The third kappa shape index (κ3) is 9.02. The number of amides is 3. The maximum Gasteiger partial charge on any atom is 0.407 e. The Kier molecular flexibility index (Phi) is 9.91. The Morgan fingerprint density at radius 3 is 2.39 bits per heavy atom. The summed E-state index contributed by atoms with van der Waals surface area (Å²) in [6, 6.07) is 13.3. The second-order valence-corrected chi connectivity index (χ2v) is 10.2. The molecule has 36 heavy (non-hydrogen) atoms. The molecule has 0 bridgehead atoms. The van der Waals surface area contributed by atoms with Crippen LogP contribution in [-0.4, -0.2) is 30.1 Å². The first kappa shape index (κ1) is 27.2. The Labute approximate surface area is 213 Å². The number of rotatable bonds is 12. The molecule has 0 aromatic heterocycles. The third-order valence-electron chi connectivity index (χ3n) is 5.88. The number of fused-ring (bicyclic) bond motifs is 1. The number of benzene rings is 2. The molecule has 2 N–H and O–H groups in total. The number of aryl methyl sites for hydroxylation is 1. The molecule has 0 unspecified atom stereocenters. The Hall–Kier alpha value is -3.35. The van der Waals surface area contributed by atoms with Crippen LogP contribution in [0, 0.1) is 0 Å². The zero-order chi connectivity index (χ0) is 26.0. The maximum absolute atomic E-state index is 12.3. The van der Waals surface area contributed by atoms with Gasteiger partial charge in [-0.1, -0.05) is 56.4 Å². The van der Waals surface area contributed by atoms with E-state index in [0.29, 0.717) is 29.2 Å². The molecule has 0 saturated carbocycles. The molecule has 2 aromatic rings. The second-order valence-electron chi connectivity index (χ2n) is 10.2. The fraction of sp³-hybridized carbons (Fsp3) is 0.483. The molecule has 0 aliphatic carbocycles. The number of carbonyl (C=O) groups excluding carboxylic acids is 3. The highest BCUT2D eigenvalue weighted by molar-refractivity contribution is 6.11. The Morgan fingerprint density at radius 2 is 1.64 bits per heavy atom. The van der Waals surface area contributed by atoms with Gasteiger partial charge in [-0.25, -0.2) is 4.79 Å². The molecule has 1 aliphatic heterocycles. The van der Waals surface area contributed by atoms with Gasteiger partial charge < -0.3 is 14.8 Å². The van der Waals surface area contributed by atoms with E-state index in [9.17, 15) is 14.4 Å². The summed E-state index contributed by atoms with van der Waals surface area (Å²) in [6.07, 6.45) is 8.71. The van der Waals surface area contributed by atoms with Gasteiger partial charge in [0.2, 0.25) is 5.91 Å². The lowest BCUT2D eigenvalue weighted by Crippen LogP contribution is -2.37. The van der Waals surface area contributed by atoms with Crippen molar-refractivity contribution in [1.29, 1.82) is 0 Å². The molecular weight excluding hydrogens is 456 g/mol. The molecule has 2 aromatic carbocycles. The van der Waals surface area contributed by atoms with Gasteiger partial charge in [0.15, 0.2) is 0 Å². The number of hydrogen-bond acceptors (Lipinski definition) is 5. The van der Waals surface area contributed by atoms with Gasteiger partial charge in [-0.2, -0.15) is 0 Å². The molecule has 7 heteroatoms. The molecule has 3 rings (SSSR count). The van der Waals surface area contributed by atoms with Crippen LogP contribution >= 0.6 is 0 Å². The smallest absolute Gasteiger partial charge is 0.407 e. The zero-order valence-electron chi connectivity index (χ0n) is 21.7. The average Bonchev–Trinajstić information content (AvgIpc) is 2.79. The van der Waals surface area contributed by atoms with E-state index in [0.717, 1.165) is 25.7 Å². The van der Waals surface area contributed by atoms with E-state index in [1.807, 2.05) is 39.0 Å². The van der Waals surface area contributed by atoms with Crippen LogP contribution in [0.25, 0.3) is 0 Å². The molecule has 0 fully saturated rings. The molecule has 3 amide bonds. The van der Waals surface area contributed by atoms with E-state index in [-0.39, 0.29) is 18.4 Å². The van der Waals surface area contributed by atoms with Gasteiger partial charge in [0.05, 0.1) is 12.0 Å². The summed E-state index contributed by atoms with van der Waals surface area (Å²) in [5, 5.41) is 5.17. The average molecular weight is 495 g/mol. The van der Waals surface area contributed by atoms with Gasteiger partial charge in [-0.3, -0.25) is 14.9 Å². The number of carbonyl (C=O) groups is 3. The lowest BCUT2D eigenvalue weighted by atomic mass is 9.99. The summed E-state index contributed by atoms with van der Waals surface area (Å²) in [5.41, 5.74) is 1.87. The zero-order valence-corrected chi connectivity index (χ0v) is 21.7. The van der Waals surface area contributed by atoms with Crippen molar-refractivity contribution in [3.63, 3.8) is 0 Å². The predicted octanol–water partition coefficient (Wildman–Crippen LogP) is 6.09. The number of imide groups is 1. The number of nitrogens with one attached hydrogen (secondary N) is 2. The lowest BCUT2D eigenvalue weighted by Gasteiger charge is -2.19. The normalized spacial score (nSPS) is 13.1. The first-order chi connectivity index (χ1) is 17.2. The van der Waals surface area contributed by atoms with E-state index in [1.165, 1.54) is 31.2 Å². The number of alkyl carbamates (subject to hydrolysis) is 1. The van der Waals surface area contributed by atoms with E-state index < -0.39 is 11.5 Å². The molecule has 194 valence electrons. The van der Waals surface area contributed by atoms with Crippen molar-refractivity contribution in [1.82, 2.24) is 10.6 Å². The van der Waals surface area contributed by atoms with Crippen molar-refractivity contribution in [3.8, 4) is 11.5 Å². The van der Waals surface area contributed by atoms with E-state index in [2.05, 4.69) is 16.7 Å². The SMILES string of the molecule is CC(C)(C)OC(=O)NCCCCCCCCCc1cccc(Oc2cccc3c2C(=O)NC(=O)C3)c1. The standard InChI is InChI=1S/C29H38N2O5/c1-29(2,3)36-28(34)30-18-10-8-6-4-5-7-9-13-21-14-11-16-23(19-21)35-24-17-12-15-22-20-25(32)31-27(33)26(22)24/h11-12,14-17,19H,4-10,13,18,20H2,1-3H3,(H,30,34)(H,31,32,33). The highest BCUT2D eigenvalue weighted by Crippen LogP contribution is 2.30.